The van der Waals surface area contributed by atoms with E-state index < -0.39 is 0 Å². The number of amides is 1. The van der Waals surface area contributed by atoms with E-state index in [4.69, 9.17) is 0 Å². The van der Waals surface area contributed by atoms with Gasteiger partial charge < -0.3 is 0 Å². The van der Waals surface area contributed by atoms with Crippen molar-refractivity contribution in [3.8, 4) is 0 Å². The first kappa shape index (κ1) is 15.4. The van der Waals surface area contributed by atoms with Crippen LogP contribution in [0.1, 0.15) is 65.2 Å². The first-order chi connectivity index (χ1) is 10.5. The molecule has 3 heteroatoms. The van der Waals surface area contributed by atoms with Gasteiger partial charge in [0.15, 0.2) is 0 Å². The molecular weight excluding hydrogens is 310 g/mol. The Balaban J connectivity index is 1.63. The van der Waals surface area contributed by atoms with Crippen molar-refractivity contribution in [2.24, 2.45) is 34.5 Å². The van der Waals surface area contributed by atoms with E-state index in [9.17, 15) is 4.79 Å². The van der Waals surface area contributed by atoms with Crippen LogP contribution < -0.4 is 5.32 Å². The van der Waals surface area contributed by atoms with E-state index in [0.717, 1.165) is 36.5 Å². The first-order valence-corrected chi connectivity index (χ1v) is 9.97. The van der Waals surface area contributed by atoms with Crippen LogP contribution in [0.25, 0.3) is 0 Å². The van der Waals surface area contributed by atoms with Gasteiger partial charge in [-0.15, -0.1) is 0 Å². The van der Waals surface area contributed by atoms with Crippen molar-refractivity contribution < 1.29 is 20.6 Å². The van der Waals surface area contributed by atoms with E-state index in [1.807, 2.05) is 0 Å². The Morgan fingerprint density at radius 2 is 1.82 bits per heavy atom. The summed E-state index contributed by atoms with van der Waals surface area (Å²) in [6, 6.07) is 0.447. The molecule has 1 heterocycles. The van der Waals surface area contributed by atoms with Crippen molar-refractivity contribution in [3.63, 3.8) is 0 Å². The molecule has 22 heavy (non-hydrogen) atoms. The van der Waals surface area contributed by atoms with Crippen LogP contribution in [0.2, 0.25) is 0 Å². The number of hydrogen-bond acceptors (Lipinski definition) is 1. The molecule has 4 rings (SSSR count). The van der Waals surface area contributed by atoms with Gasteiger partial charge in [0.2, 0.25) is 0 Å². The monoisotopic (exact) mass is 339 g/mol. The Bertz CT molecular complexity index is 506. The third-order valence-corrected chi connectivity index (χ3v) is 8.85. The van der Waals surface area contributed by atoms with Gasteiger partial charge in [-0.25, -0.2) is 0 Å². The van der Waals surface area contributed by atoms with E-state index in [1.165, 1.54) is 38.5 Å². The van der Waals surface area contributed by atoms with Crippen LogP contribution in [-0.4, -0.2) is 16.8 Å². The second-order valence-electron chi connectivity index (χ2n) is 8.94. The van der Waals surface area contributed by atoms with Crippen LogP contribution in [0.3, 0.4) is 0 Å². The molecule has 3 aliphatic carbocycles. The van der Waals surface area contributed by atoms with Crippen molar-refractivity contribution in [1.82, 2.24) is 5.32 Å². The van der Waals surface area contributed by atoms with Gasteiger partial charge in [-0.3, -0.25) is 0 Å². The normalized spacial score (nSPS) is 53.9. The molecule has 4 aliphatic rings. The fraction of sp³-hybridized carbons (Fsp3) is 0.895. The second kappa shape index (κ2) is 5.18. The summed E-state index contributed by atoms with van der Waals surface area (Å²) in [6.45, 7) is 5.05. The maximum atomic E-state index is 11.8. The fourth-order valence-electron chi connectivity index (χ4n) is 6.97. The van der Waals surface area contributed by atoms with E-state index in [0.29, 0.717) is 22.8 Å². The molecule has 6 unspecified atom stereocenters. The Labute approximate surface area is 142 Å². The maximum absolute atomic E-state index is 11.8. The number of hydrogen-bond donors (Lipinski definition) is 1. The summed E-state index contributed by atoms with van der Waals surface area (Å²) in [4.78, 5) is 14.2. The number of carbonyl (C=O) groups excluding carboxylic acids is 1. The van der Waals surface area contributed by atoms with Gasteiger partial charge in [0.05, 0.1) is 0 Å². The second-order valence-corrected chi connectivity index (χ2v) is 9.37. The van der Waals surface area contributed by atoms with Crippen LogP contribution in [0, 0.1) is 34.5 Å². The molecule has 0 aromatic heterocycles. The van der Waals surface area contributed by atoms with Gasteiger partial charge >= 0.3 is 143 Å². The average Bonchev–Trinajstić information content (AvgIpc) is 2.84. The van der Waals surface area contributed by atoms with Crippen molar-refractivity contribution >= 4 is 10.8 Å². The molecule has 1 saturated heterocycles. The summed E-state index contributed by atoms with van der Waals surface area (Å²) in [5.41, 5.74) is 0.895. The molecule has 0 aromatic rings. The summed E-state index contributed by atoms with van der Waals surface area (Å²) in [6.07, 6.45) is 9.99. The zero-order chi connectivity index (χ0) is 15.5. The molecule has 0 bridgehead atoms. The molecular formula is C19H29CrNO. The molecule has 3 saturated carbocycles. The Morgan fingerprint density at radius 3 is 2.59 bits per heavy atom. The SMILES string of the molecule is CC12CCC3C(CC[C@H]4NC(=O)CCC34C)C1CCC2[CH]=[Cr]. The summed E-state index contributed by atoms with van der Waals surface area (Å²) >= 11 is 3.20. The predicted octanol–water partition coefficient (Wildman–Crippen LogP) is 3.47. The standard InChI is InChI=1S/C19H29NO.Cr/c1-12-4-6-14-13-5-7-16-19(3,11-9-17(21)20-16)15(13)8-10-18(12,14)2;/h1,12-16H,4-11H2,2-3H3,(H,20,21);/t12?,13?,14?,15?,16-,18?,19?;/m1./s1. The molecule has 0 aromatic carbocycles. The Kier molecular flexibility index (Phi) is 3.63. The minimum atomic E-state index is 0.290. The van der Waals surface area contributed by atoms with Crippen LogP contribution in [0.15, 0.2) is 0 Å². The van der Waals surface area contributed by atoms with Crippen LogP contribution in [-0.2, 0) is 20.6 Å². The van der Waals surface area contributed by atoms with Crippen molar-refractivity contribution in [1.29, 1.82) is 0 Å². The van der Waals surface area contributed by atoms with Gasteiger partial charge in [0.1, 0.15) is 0 Å². The number of carbonyl (C=O) groups is 1. The summed E-state index contributed by atoms with van der Waals surface area (Å²) in [7, 11) is 0. The molecule has 122 valence electrons. The molecule has 4 fully saturated rings. The Hall–Kier alpha value is -0.128. The van der Waals surface area contributed by atoms with Gasteiger partial charge in [0.25, 0.3) is 0 Å². The zero-order valence-electron chi connectivity index (χ0n) is 13.9. The number of nitrogens with one attached hydrogen (secondary N) is 1. The summed E-state index contributed by atoms with van der Waals surface area (Å²) in [5, 5.41) is 3.33. The topological polar surface area (TPSA) is 29.1 Å². The molecule has 0 spiro atoms. The molecule has 2 nitrogen and oxygen atoms in total. The van der Waals surface area contributed by atoms with Crippen molar-refractivity contribution in [2.45, 2.75) is 71.3 Å². The van der Waals surface area contributed by atoms with Crippen LogP contribution in [0.4, 0.5) is 0 Å². The van der Waals surface area contributed by atoms with Gasteiger partial charge in [-0.1, -0.05) is 0 Å². The average molecular weight is 339 g/mol. The van der Waals surface area contributed by atoms with Gasteiger partial charge in [-0.05, 0) is 0 Å². The van der Waals surface area contributed by atoms with E-state index in [-0.39, 0.29) is 0 Å². The van der Waals surface area contributed by atoms with Crippen LogP contribution in [0.5, 0.6) is 0 Å². The van der Waals surface area contributed by atoms with E-state index in [1.54, 1.807) is 0 Å². The van der Waals surface area contributed by atoms with Gasteiger partial charge in [0, 0.05) is 0 Å². The fourth-order valence-corrected chi connectivity index (χ4v) is 7.66. The van der Waals surface area contributed by atoms with Gasteiger partial charge in [-0.2, -0.15) is 0 Å². The third-order valence-electron chi connectivity index (χ3n) is 8.33. The van der Waals surface area contributed by atoms with E-state index in [2.05, 4.69) is 39.9 Å². The summed E-state index contributed by atoms with van der Waals surface area (Å²) < 4.78 is 0. The number of fused-ring (bicyclic) bond motifs is 5. The minimum absolute atomic E-state index is 0.290. The summed E-state index contributed by atoms with van der Waals surface area (Å²) in [5.74, 6) is 3.73. The van der Waals surface area contributed by atoms with Crippen molar-refractivity contribution in [3.05, 3.63) is 0 Å². The molecule has 1 amide bonds. The molecule has 1 N–H and O–H groups in total. The zero-order valence-corrected chi connectivity index (χ0v) is 15.2. The quantitative estimate of drug-likeness (QED) is 0.779. The first-order valence-electron chi connectivity index (χ1n) is 9.24. The molecule has 1 aliphatic heterocycles. The number of piperidine rings is 1. The predicted molar refractivity (Wildman–Crippen MR) is 85.1 cm³/mol. The Morgan fingerprint density at radius 1 is 1.05 bits per heavy atom. The van der Waals surface area contributed by atoms with Crippen LogP contribution >= 0.6 is 0 Å². The number of rotatable bonds is 1. The van der Waals surface area contributed by atoms with E-state index >= 15 is 0 Å². The molecule has 0 radical (unpaired) electrons. The molecule has 7 atom stereocenters. The van der Waals surface area contributed by atoms with Crippen molar-refractivity contribution in [2.75, 3.05) is 0 Å². The third kappa shape index (κ3) is 1.97.